The number of rotatable bonds is 5. The first-order valence-electron chi connectivity index (χ1n) is 8.17. The number of hydrogen-bond acceptors (Lipinski definition) is 5. The van der Waals surface area contributed by atoms with Crippen LogP contribution in [0.5, 0.6) is 0 Å². The molecule has 0 spiro atoms. The molecule has 0 saturated carbocycles. The molecule has 4 rings (SSSR count). The minimum atomic E-state index is 0.309. The largest absolute Gasteiger partial charge is 0.338 e. The Bertz CT molecular complexity index is 498. The number of fused-ring (bicyclic) bond motifs is 4. The van der Waals surface area contributed by atoms with Gasteiger partial charge in [-0.25, -0.2) is 9.97 Å². The lowest BCUT2D eigenvalue weighted by atomic mass is 9.95. The van der Waals surface area contributed by atoms with E-state index in [2.05, 4.69) is 26.7 Å². The van der Waals surface area contributed by atoms with Crippen molar-refractivity contribution in [3.8, 4) is 0 Å². The molecule has 1 amide bonds. The fourth-order valence-electron chi connectivity index (χ4n) is 3.39. The lowest BCUT2D eigenvalue weighted by Gasteiger charge is -2.36. The Morgan fingerprint density at radius 3 is 2.86 bits per heavy atom. The number of carbonyl (C=O) groups is 1. The highest BCUT2D eigenvalue weighted by Gasteiger charge is 2.37. The lowest BCUT2D eigenvalue weighted by Crippen LogP contribution is -2.48. The molecule has 120 valence electrons. The summed E-state index contributed by atoms with van der Waals surface area (Å²) in [7, 11) is 0. The molecule has 3 fully saturated rings. The molecule has 0 N–H and O–H groups in total. The quantitative estimate of drug-likeness (QED) is 0.777. The summed E-state index contributed by atoms with van der Waals surface area (Å²) in [5.41, 5.74) is 0. The number of anilines is 1. The monoisotopic (exact) mass is 320 g/mol. The van der Waals surface area contributed by atoms with Gasteiger partial charge in [0.1, 0.15) is 0 Å². The molecular formula is C16H24N4OS. The van der Waals surface area contributed by atoms with Crippen LogP contribution < -0.4 is 4.90 Å². The molecule has 1 aromatic rings. The van der Waals surface area contributed by atoms with Crippen LogP contribution in [0.1, 0.15) is 26.2 Å². The Morgan fingerprint density at radius 2 is 2.09 bits per heavy atom. The number of piperidine rings is 1. The fraction of sp³-hybridized carbons (Fsp3) is 0.688. The van der Waals surface area contributed by atoms with Gasteiger partial charge in [0.25, 0.3) is 0 Å². The number of amides is 1. The minimum Gasteiger partial charge on any atom is -0.338 e. The predicted molar refractivity (Wildman–Crippen MR) is 90.1 cm³/mol. The summed E-state index contributed by atoms with van der Waals surface area (Å²) in [4.78, 5) is 25.7. The molecular weight excluding hydrogens is 296 g/mol. The second-order valence-corrected chi connectivity index (χ2v) is 7.25. The highest BCUT2D eigenvalue weighted by Crippen LogP contribution is 2.29. The first-order valence-corrected chi connectivity index (χ1v) is 9.32. The van der Waals surface area contributed by atoms with Crippen LogP contribution in [-0.2, 0) is 4.79 Å². The Labute approximate surface area is 136 Å². The molecule has 5 nitrogen and oxygen atoms in total. The lowest BCUT2D eigenvalue weighted by molar-refractivity contribution is -0.132. The summed E-state index contributed by atoms with van der Waals surface area (Å²) in [5.74, 6) is 3.34. The molecule has 1 aromatic heterocycles. The van der Waals surface area contributed by atoms with Gasteiger partial charge in [0, 0.05) is 38.1 Å². The van der Waals surface area contributed by atoms with Gasteiger partial charge >= 0.3 is 0 Å². The van der Waals surface area contributed by atoms with Crippen LogP contribution in [0.4, 0.5) is 5.95 Å². The van der Waals surface area contributed by atoms with Gasteiger partial charge in [0.05, 0.1) is 5.75 Å². The van der Waals surface area contributed by atoms with Gasteiger partial charge in [-0.3, -0.25) is 4.79 Å². The van der Waals surface area contributed by atoms with Crippen molar-refractivity contribution in [2.75, 3.05) is 36.0 Å². The Balaban J connectivity index is 1.67. The van der Waals surface area contributed by atoms with E-state index in [0.29, 0.717) is 23.6 Å². The molecule has 0 unspecified atom stereocenters. The number of aromatic nitrogens is 2. The maximum Gasteiger partial charge on any atom is 0.232 e. The first-order chi connectivity index (χ1) is 10.8. The number of carbonyl (C=O) groups excluding carboxylic acids is 1. The molecule has 6 heteroatoms. The van der Waals surface area contributed by atoms with Crippen molar-refractivity contribution in [1.29, 1.82) is 0 Å². The van der Waals surface area contributed by atoms with Crippen molar-refractivity contribution < 1.29 is 4.79 Å². The van der Waals surface area contributed by atoms with Gasteiger partial charge in [-0.2, -0.15) is 11.8 Å². The van der Waals surface area contributed by atoms with Gasteiger partial charge in [-0.1, -0.05) is 6.92 Å². The van der Waals surface area contributed by atoms with E-state index >= 15 is 0 Å². The predicted octanol–water partition coefficient (Wildman–Crippen LogP) is 2.05. The normalized spacial score (nSPS) is 24.4. The Morgan fingerprint density at radius 1 is 1.27 bits per heavy atom. The topological polar surface area (TPSA) is 49.3 Å². The van der Waals surface area contributed by atoms with E-state index in [-0.39, 0.29) is 0 Å². The molecule has 0 aromatic carbocycles. The maximum atomic E-state index is 12.5. The van der Waals surface area contributed by atoms with Gasteiger partial charge in [-0.15, -0.1) is 0 Å². The maximum absolute atomic E-state index is 12.5. The molecule has 0 aliphatic carbocycles. The third kappa shape index (κ3) is 3.54. The highest BCUT2D eigenvalue weighted by molar-refractivity contribution is 7.99. The molecule has 3 aliphatic rings. The van der Waals surface area contributed by atoms with Crippen molar-refractivity contribution >= 4 is 23.6 Å². The van der Waals surface area contributed by atoms with Crippen LogP contribution in [0.25, 0.3) is 0 Å². The van der Waals surface area contributed by atoms with E-state index in [9.17, 15) is 4.79 Å². The number of hydrogen-bond donors (Lipinski definition) is 0. The van der Waals surface area contributed by atoms with Crippen LogP contribution >= 0.6 is 11.8 Å². The van der Waals surface area contributed by atoms with E-state index in [1.54, 1.807) is 24.2 Å². The van der Waals surface area contributed by atoms with Crippen molar-refractivity contribution in [1.82, 2.24) is 14.9 Å². The molecule has 3 saturated heterocycles. The molecule has 0 radical (unpaired) electrons. The van der Waals surface area contributed by atoms with Gasteiger partial charge in [-0.05, 0) is 37.0 Å². The average Bonchev–Trinajstić information content (AvgIpc) is 2.87. The Kier molecular flexibility index (Phi) is 5.18. The minimum absolute atomic E-state index is 0.309. The SMILES string of the molecule is CCCSCC(=O)N1C[C@@H]2CC[C@H]1CN(c1ncccn1)C2. The molecule has 22 heavy (non-hydrogen) atoms. The van der Waals surface area contributed by atoms with Gasteiger partial charge in [0.15, 0.2) is 0 Å². The third-order valence-corrected chi connectivity index (χ3v) is 5.59. The first kappa shape index (κ1) is 15.6. The second kappa shape index (κ2) is 7.31. The zero-order chi connectivity index (χ0) is 15.4. The van der Waals surface area contributed by atoms with Crippen molar-refractivity contribution in [2.45, 2.75) is 32.2 Å². The zero-order valence-corrected chi connectivity index (χ0v) is 14.0. The zero-order valence-electron chi connectivity index (χ0n) is 13.1. The summed E-state index contributed by atoms with van der Waals surface area (Å²) >= 11 is 1.76. The number of nitrogens with zero attached hydrogens (tertiary/aromatic N) is 4. The van der Waals surface area contributed by atoms with Crippen molar-refractivity contribution in [3.05, 3.63) is 18.5 Å². The smallest absolute Gasteiger partial charge is 0.232 e. The fourth-order valence-corrected chi connectivity index (χ4v) is 4.17. The second-order valence-electron chi connectivity index (χ2n) is 6.15. The Hall–Kier alpha value is -1.30. The number of thioether (sulfide) groups is 1. The van der Waals surface area contributed by atoms with Crippen LogP contribution in [-0.4, -0.2) is 58.0 Å². The highest BCUT2D eigenvalue weighted by atomic mass is 32.2. The molecule has 4 heterocycles. The summed E-state index contributed by atoms with van der Waals surface area (Å²) in [5, 5.41) is 0. The molecule has 3 aliphatic heterocycles. The van der Waals surface area contributed by atoms with Crippen LogP contribution in [0, 0.1) is 5.92 Å². The summed E-state index contributed by atoms with van der Waals surface area (Å²) in [6, 6.07) is 2.16. The van der Waals surface area contributed by atoms with Gasteiger partial charge < -0.3 is 9.80 Å². The summed E-state index contributed by atoms with van der Waals surface area (Å²) < 4.78 is 0. The van der Waals surface area contributed by atoms with E-state index in [1.807, 2.05) is 6.07 Å². The molecule has 2 bridgehead atoms. The average molecular weight is 320 g/mol. The summed E-state index contributed by atoms with van der Waals surface area (Å²) in [6.45, 7) is 4.89. The van der Waals surface area contributed by atoms with Crippen molar-refractivity contribution in [3.63, 3.8) is 0 Å². The van der Waals surface area contributed by atoms with Crippen LogP contribution in [0.15, 0.2) is 18.5 Å². The van der Waals surface area contributed by atoms with E-state index < -0.39 is 0 Å². The standard InChI is InChI=1S/C16H24N4OS/c1-2-8-22-12-15(21)20-10-13-4-5-14(20)11-19(9-13)16-17-6-3-7-18-16/h3,6-7,13-14H,2,4-5,8-12H2,1H3/t13-,14+/m1/s1. The summed E-state index contributed by atoms with van der Waals surface area (Å²) in [6.07, 6.45) is 7.03. The van der Waals surface area contributed by atoms with Crippen LogP contribution in [0.2, 0.25) is 0 Å². The van der Waals surface area contributed by atoms with E-state index in [0.717, 1.165) is 44.2 Å². The third-order valence-electron chi connectivity index (χ3n) is 4.44. The van der Waals surface area contributed by atoms with Crippen LogP contribution in [0.3, 0.4) is 0 Å². The van der Waals surface area contributed by atoms with E-state index in [1.165, 1.54) is 6.42 Å². The van der Waals surface area contributed by atoms with Gasteiger partial charge in [0.2, 0.25) is 11.9 Å². The molecule has 2 atom stereocenters. The van der Waals surface area contributed by atoms with E-state index in [4.69, 9.17) is 0 Å². The van der Waals surface area contributed by atoms with Crippen molar-refractivity contribution in [2.24, 2.45) is 5.92 Å².